The molecule has 1 aliphatic carbocycles. The molecule has 2 rings (SSSR count). The third-order valence-corrected chi connectivity index (χ3v) is 4.47. The normalized spacial score (nSPS) is 40.9. The number of hydrogen-bond donors (Lipinski definition) is 1. The van der Waals surface area contributed by atoms with Crippen molar-refractivity contribution in [3.05, 3.63) is 0 Å². The predicted octanol–water partition coefficient (Wildman–Crippen LogP) is 2.99. The Hall–Kier alpha value is -0.0800. The van der Waals surface area contributed by atoms with Crippen LogP contribution >= 0.6 is 0 Å². The standard InChI is InChI=1S/C14H26O2/c1-2-4-11-6-7-14(15)13(9-11)12-5-3-8-16-10-12/h11-15H,2-10H2,1H3. The first-order valence-electron chi connectivity index (χ1n) is 7.07. The van der Waals surface area contributed by atoms with Gasteiger partial charge in [0.15, 0.2) is 0 Å². The molecule has 2 fully saturated rings. The van der Waals surface area contributed by atoms with Crippen molar-refractivity contribution in [3.63, 3.8) is 0 Å². The lowest BCUT2D eigenvalue weighted by atomic mass is 9.71. The summed E-state index contributed by atoms with van der Waals surface area (Å²) in [5, 5.41) is 10.2. The van der Waals surface area contributed by atoms with Crippen LogP contribution in [0.25, 0.3) is 0 Å². The Bertz CT molecular complexity index is 199. The summed E-state index contributed by atoms with van der Waals surface area (Å²) in [5.41, 5.74) is 0. The molecule has 1 saturated heterocycles. The Morgan fingerprint density at radius 3 is 2.81 bits per heavy atom. The molecule has 0 aromatic rings. The number of rotatable bonds is 3. The quantitative estimate of drug-likeness (QED) is 0.801. The van der Waals surface area contributed by atoms with Gasteiger partial charge in [0, 0.05) is 13.2 Å². The minimum Gasteiger partial charge on any atom is -0.393 e. The Morgan fingerprint density at radius 2 is 2.12 bits per heavy atom. The molecule has 2 aliphatic rings. The molecule has 16 heavy (non-hydrogen) atoms. The maximum atomic E-state index is 10.2. The van der Waals surface area contributed by atoms with Crippen LogP contribution in [0.1, 0.15) is 51.9 Å². The summed E-state index contributed by atoms with van der Waals surface area (Å²) in [4.78, 5) is 0. The molecule has 4 atom stereocenters. The van der Waals surface area contributed by atoms with E-state index in [1.165, 1.54) is 38.5 Å². The lowest BCUT2D eigenvalue weighted by Gasteiger charge is -2.39. The van der Waals surface area contributed by atoms with E-state index in [1.54, 1.807) is 0 Å². The van der Waals surface area contributed by atoms with Crippen LogP contribution in [0.2, 0.25) is 0 Å². The molecular formula is C14H26O2. The van der Waals surface area contributed by atoms with Crippen molar-refractivity contribution in [2.45, 2.75) is 58.0 Å². The van der Waals surface area contributed by atoms with Crippen LogP contribution in [0.4, 0.5) is 0 Å². The Labute approximate surface area is 99.4 Å². The second-order valence-corrected chi connectivity index (χ2v) is 5.68. The molecule has 2 nitrogen and oxygen atoms in total. The molecule has 0 spiro atoms. The van der Waals surface area contributed by atoms with Gasteiger partial charge in [-0.25, -0.2) is 0 Å². The highest BCUT2D eigenvalue weighted by molar-refractivity contribution is 4.85. The molecule has 1 aliphatic heterocycles. The first-order chi connectivity index (χ1) is 7.81. The largest absolute Gasteiger partial charge is 0.393 e. The first kappa shape index (κ1) is 12.4. The Kier molecular flexibility index (Phi) is 4.66. The van der Waals surface area contributed by atoms with Crippen LogP contribution in [-0.2, 0) is 4.74 Å². The van der Waals surface area contributed by atoms with Crippen molar-refractivity contribution < 1.29 is 9.84 Å². The monoisotopic (exact) mass is 226 g/mol. The molecule has 2 heteroatoms. The van der Waals surface area contributed by atoms with E-state index < -0.39 is 0 Å². The Balaban J connectivity index is 1.89. The summed E-state index contributed by atoms with van der Waals surface area (Å²) in [7, 11) is 0. The van der Waals surface area contributed by atoms with Crippen molar-refractivity contribution in [3.8, 4) is 0 Å². The van der Waals surface area contributed by atoms with Gasteiger partial charge in [-0.2, -0.15) is 0 Å². The molecule has 1 saturated carbocycles. The average molecular weight is 226 g/mol. The fourth-order valence-corrected chi connectivity index (χ4v) is 3.56. The second-order valence-electron chi connectivity index (χ2n) is 5.68. The zero-order chi connectivity index (χ0) is 11.4. The summed E-state index contributed by atoms with van der Waals surface area (Å²) in [6, 6.07) is 0. The fraction of sp³-hybridized carbons (Fsp3) is 1.00. The van der Waals surface area contributed by atoms with Crippen molar-refractivity contribution in [2.24, 2.45) is 17.8 Å². The van der Waals surface area contributed by atoms with Crippen LogP contribution in [0.15, 0.2) is 0 Å². The molecule has 0 bridgehead atoms. The maximum Gasteiger partial charge on any atom is 0.0572 e. The minimum atomic E-state index is -0.0557. The van der Waals surface area contributed by atoms with E-state index in [9.17, 15) is 5.11 Å². The summed E-state index contributed by atoms with van der Waals surface area (Å²) in [6.45, 7) is 4.09. The van der Waals surface area contributed by atoms with E-state index in [0.717, 1.165) is 25.6 Å². The highest BCUT2D eigenvalue weighted by Crippen LogP contribution is 2.38. The predicted molar refractivity (Wildman–Crippen MR) is 65.3 cm³/mol. The van der Waals surface area contributed by atoms with Gasteiger partial charge in [0.2, 0.25) is 0 Å². The molecule has 0 aromatic carbocycles. The lowest BCUT2D eigenvalue weighted by Crippen LogP contribution is -2.38. The van der Waals surface area contributed by atoms with E-state index in [4.69, 9.17) is 4.74 Å². The molecule has 0 radical (unpaired) electrons. The molecule has 0 amide bonds. The maximum absolute atomic E-state index is 10.2. The SMILES string of the molecule is CCCC1CCC(O)C(C2CCCOC2)C1. The van der Waals surface area contributed by atoms with Crippen molar-refractivity contribution in [2.75, 3.05) is 13.2 Å². The highest BCUT2D eigenvalue weighted by Gasteiger charge is 2.35. The minimum absolute atomic E-state index is 0.0557. The van der Waals surface area contributed by atoms with Crippen molar-refractivity contribution in [1.82, 2.24) is 0 Å². The average Bonchev–Trinajstić information content (AvgIpc) is 2.33. The van der Waals surface area contributed by atoms with Crippen LogP contribution < -0.4 is 0 Å². The fourth-order valence-electron chi connectivity index (χ4n) is 3.56. The molecule has 0 aromatic heterocycles. The summed E-state index contributed by atoms with van der Waals surface area (Å²) < 4.78 is 5.57. The van der Waals surface area contributed by atoms with Crippen molar-refractivity contribution >= 4 is 0 Å². The molecule has 94 valence electrons. The summed E-state index contributed by atoms with van der Waals surface area (Å²) in [5.74, 6) is 2.01. The van der Waals surface area contributed by atoms with E-state index >= 15 is 0 Å². The van der Waals surface area contributed by atoms with Crippen LogP contribution in [0.5, 0.6) is 0 Å². The molecule has 1 N–H and O–H groups in total. The van der Waals surface area contributed by atoms with Crippen LogP contribution in [0.3, 0.4) is 0 Å². The van der Waals surface area contributed by atoms with E-state index in [2.05, 4.69) is 6.92 Å². The smallest absolute Gasteiger partial charge is 0.0572 e. The summed E-state index contributed by atoms with van der Waals surface area (Å²) in [6.07, 6.45) is 8.52. The van der Waals surface area contributed by atoms with Gasteiger partial charge in [0.05, 0.1) is 6.10 Å². The topological polar surface area (TPSA) is 29.5 Å². The number of hydrogen-bond acceptors (Lipinski definition) is 2. The lowest BCUT2D eigenvalue weighted by molar-refractivity contribution is -0.0392. The van der Waals surface area contributed by atoms with Gasteiger partial charge in [-0.1, -0.05) is 19.8 Å². The Morgan fingerprint density at radius 1 is 1.25 bits per heavy atom. The van der Waals surface area contributed by atoms with Gasteiger partial charge in [0.25, 0.3) is 0 Å². The third-order valence-electron chi connectivity index (χ3n) is 4.47. The number of aliphatic hydroxyl groups is 1. The van der Waals surface area contributed by atoms with Crippen molar-refractivity contribution in [1.29, 1.82) is 0 Å². The van der Waals surface area contributed by atoms with Crippen LogP contribution in [0, 0.1) is 17.8 Å². The first-order valence-corrected chi connectivity index (χ1v) is 7.07. The van der Waals surface area contributed by atoms with Gasteiger partial charge in [0.1, 0.15) is 0 Å². The molecule has 1 heterocycles. The summed E-state index contributed by atoms with van der Waals surface area (Å²) >= 11 is 0. The number of aliphatic hydroxyl groups excluding tert-OH is 1. The van der Waals surface area contributed by atoms with Gasteiger partial charge >= 0.3 is 0 Å². The second kappa shape index (κ2) is 6.02. The third kappa shape index (κ3) is 2.98. The highest BCUT2D eigenvalue weighted by atomic mass is 16.5. The van der Waals surface area contributed by atoms with E-state index in [-0.39, 0.29) is 6.10 Å². The zero-order valence-corrected chi connectivity index (χ0v) is 10.5. The van der Waals surface area contributed by atoms with Gasteiger partial charge in [-0.3, -0.25) is 0 Å². The number of ether oxygens (including phenoxy) is 1. The zero-order valence-electron chi connectivity index (χ0n) is 10.5. The van der Waals surface area contributed by atoms with E-state index in [1.807, 2.05) is 0 Å². The van der Waals surface area contributed by atoms with Crippen LogP contribution in [-0.4, -0.2) is 24.4 Å². The van der Waals surface area contributed by atoms with Gasteiger partial charge in [-0.15, -0.1) is 0 Å². The van der Waals surface area contributed by atoms with Gasteiger partial charge < -0.3 is 9.84 Å². The van der Waals surface area contributed by atoms with Gasteiger partial charge in [-0.05, 0) is 49.9 Å². The van der Waals surface area contributed by atoms with E-state index in [0.29, 0.717) is 11.8 Å². The molecule has 4 unspecified atom stereocenters. The molecular weight excluding hydrogens is 200 g/mol.